The average molecular weight is 290 g/mol. The number of morpholine rings is 1. The summed E-state index contributed by atoms with van der Waals surface area (Å²) in [5, 5.41) is 2.99. The molecule has 1 aliphatic rings. The van der Waals surface area contributed by atoms with Crippen molar-refractivity contribution in [2.75, 3.05) is 32.8 Å². The van der Waals surface area contributed by atoms with Crippen molar-refractivity contribution < 1.29 is 9.53 Å². The number of amides is 1. The monoisotopic (exact) mass is 290 g/mol. The van der Waals surface area contributed by atoms with Crippen molar-refractivity contribution in [1.82, 2.24) is 10.2 Å². The van der Waals surface area contributed by atoms with E-state index in [4.69, 9.17) is 4.74 Å². The van der Waals surface area contributed by atoms with Crippen LogP contribution in [0.1, 0.15) is 42.1 Å². The number of hydrogen-bond donors (Lipinski definition) is 1. The molecule has 4 heteroatoms. The summed E-state index contributed by atoms with van der Waals surface area (Å²) >= 11 is 0. The third kappa shape index (κ3) is 5.48. The van der Waals surface area contributed by atoms with Crippen molar-refractivity contribution in [3.8, 4) is 0 Å². The van der Waals surface area contributed by atoms with E-state index < -0.39 is 0 Å². The van der Waals surface area contributed by atoms with Crippen LogP contribution in [0.15, 0.2) is 24.3 Å². The Labute approximate surface area is 127 Å². The van der Waals surface area contributed by atoms with Crippen molar-refractivity contribution in [2.45, 2.75) is 32.7 Å². The van der Waals surface area contributed by atoms with Gasteiger partial charge in [0.25, 0.3) is 5.91 Å². The molecule has 0 spiro atoms. The van der Waals surface area contributed by atoms with Crippen LogP contribution in [0, 0.1) is 0 Å². The smallest absolute Gasteiger partial charge is 0.251 e. The summed E-state index contributed by atoms with van der Waals surface area (Å²) in [5.74, 6) is 0.0370. The average Bonchev–Trinajstić information content (AvgIpc) is 2.53. The highest BCUT2D eigenvalue weighted by Gasteiger charge is 2.12. The maximum absolute atomic E-state index is 12.1. The molecule has 1 aromatic rings. The summed E-state index contributed by atoms with van der Waals surface area (Å²) in [5.41, 5.74) is 1.95. The van der Waals surface area contributed by atoms with Gasteiger partial charge in [0, 0.05) is 31.7 Å². The van der Waals surface area contributed by atoms with E-state index in [2.05, 4.69) is 23.2 Å². The number of unbranched alkanes of at least 4 members (excludes halogenated alkanes) is 2. The molecule has 0 saturated carbocycles. The molecule has 0 radical (unpaired) electrons. The van der Waals surface area contributed by atoms with Crippen LogP contribution >= 0.6 is 0 Å². The molecule has 0 unspecified atom stereocenters. The quantitative estimate of drug-likeness (QED) is 0.784. The number of carbonyl (C=O) groups excluding carboxylic acids is 1. The SMILES string of the molecule is CCCCCNC(=O)c1cccc(CN2CCOCC2)c1. The summed E-state index contributed by atoms with van der Waals surface area (Å²) in [7, 11) is 0. The van der Waals surface area contributed by atoms with Gasteiger partial charge in [-0.1, -0.05) is 31.9 Å². The molecule has 21 heavy (non-hydrogen) atoms. The van der Waals surface area contributed by atoms with E-state index in [0.29, 0.717) is 0 Å². The Bertz CT molecular complexity index is 442. The molecule has 1 aromatic carbocycles. The van der Waals surface area contributed by atoms with Gasteiger partial charge >= 0.3 is 0 Å². The van der Waals surface area contributed by atoms with Crippen molar-refractivity contribution in [2.24, 2.45) is 0 Å². The zero-order valence-corrected chi connectivity index (χ0v) is 12.9. The van der Waals surface area contributed by atoms with Crippen LogP contribution < -0.4 is 5.32 Å². The number of rotatable bonds is 7. The van der Waals surface area contributed by atoms with Gasteiger partial charge in [-0.15, -0.1) is 0 Å². The van der Waals surface area contributed by atoms with Crippen LogP contribution in [0.2, 0.25) is 0 Å². The predicted octanol–water partition coefficient (Wildman–Crippen LogP) is 2.44. The number of nitrogens with zero attached hydrogens (tertiary/aromatic N) is 1. The van der Waals surface area contributed by atoms with Crippen LogP contribution in [0.3, 0.4) is 0 Å². The lowest BCUT2D eigenvalue weighted by Gasteiger charge is -2.26. The van der Waals surface area contributed by atoms with Gasteiger partial charge in [-0.3, -0.25) is 9.69 Å². The molecule has 116 valence electrons. The normalized spacial score (nSPS) is 15.9. The van der Waals surface area contributed by atoms with Crippen molar-refractivity contribution in [3.05, 3.63) is 35.4 Å². The second-order valence-electron chi connectivity index (χ2n) is 5.55. The number of hydrogen-bond acceptors (Lipinski definition) is 3. The van der Waals surface area contributed by atoms with Crippen LogP contribution in [0.4, 0.5) is 0 Å². The van der Waals surface area contributed by atoms with E-state index in [9.17, 15) is 4.79 Å². The fourth-order valence-corrected chi connectivity index (χ4v) is 2.51. The lowest BCUT2D eigenvalue weighted by Crippen LogP contribution is -2.35. The highest BCUT2D eigenvalue weighted by Crippen LogP contribution is 2.10. The highest BCUT2D eigenvalue weighted by atomic mass is 16.5. The van der Waals surface area contributed by atoms with Crippen molar-refractivity contribution in [3.63, 3.8) is 0 Å². The highest BCUT2D eigenvalue weighted by molar-refractivity contribution is 5.94. The van der Waals surface area contributed by atoms with Crippen LogP contribution in [0.5, 0.6) is 0 Å². The van der Waals surface area contributed by atoms with Crippen molar-refractivity contribution >= 4 is 5.91 Å². The molecule has 4 nitrogen and oxygen atoms in total. The lowest BCUT2D eigenvalue weighted by atomic mass is 10.1. The Hall–Kier alpha value is -1.39. The number of ether oxygens (including phenoxy) is 1. The van der Waals surface area contributed by atoms with Gasteiger partial charge in [0.15, 0.2) is 0 Å². The third-order valence-corrected chi connectivity index (χ3v) is 3.76. The molecule has 1 saturated heterocycles. The summed E-state index contributed by atoms with van der Waals surface area (Å²) in [6, 6.07) is 7.95. The second-order valence-corrected chi connectivity index (χ2v) is 5.55. The Balaban J connectivity index is 1.85. The molecule has 1 N–H and O–H groups in total. The van der Waals surface area contributed by atoms with E-state index in [-0.39, 0.29) is 5.91 Å². The summed E-state index contributed by atoms with van der Waals surface area (Å²) < 4.78 is 5.36. The first-order valence-corrected chi connectivity index (χ1v) is 7.97. The maximum atomic E-state index is 12.1. The van der Waals surface area contributed by atoms with Gasteiger partial charge in [-0.05, 0) is 24.1 Å². The predicted molar refractivity (Wildman–Crippen MR) is 84.4 cm³/mol. The molecular formula is C17H26N2O2. The molecule has 1 amide bonds. The van der Waals surface area contributed by atoms with Gasteiger partial charge in [0.05, 0.1) is 13.2 Å². The van der Waals surface area contributed by atoms with Crippen LogP contribution in [-0.4, -0.2) is 43.7 Å². The zero-order chi connectivity index (χ0) is 14.9. The first-order valence-electron chi connectivity index (χ1n) is 7.97. The van der Waals surface area contributed by atoms with Gasteiger partial charge < -0.3 is 10.1 Å². The summed E-state index contributed by atoms with van der Waals surface area (Å²) in [6.07, 6.45) is 3.39. The molecule has 0 bridgehead atoms. The minimum absolute atomic E-state index is 0.0370. The van der Waals surface area contributed by atoms with E-state index in [0.717, 1.165) is 57.8 Å². The fourth-order valence-electron chi connectivity index (χ4n) is 2.51. The topological polar surface area (TPSA) is 41.6 Å². The molecule has 0 aliphatic carbocycles. The van der Waals surface area contributed by atoms with E-state index in [1.807, 2.05) is 18.2 Å². The standard InChI is InChI=1S/C17H26N2O2/c1-2-3-4-8-18-17(20)16-7-5-6-15(13-16)14-19-9-11-21-12-10-19/h5-7,13H,2-4,8-12,14H2,1H3,(H,18,20). The Morgan fingerprint density at radius 2 is 2.10 bits per heavy atom. The summed E-state index contributed by atoms with van der Waals surface area (Å²) in [6.45, 7) is 7.35. The van der Waals surface area contributed by atoms with Gasteiger partial charge in [-0.25, -0.2) is 0 Å². The first kappa shape index (κ1) is 16.0. The fraction of sp³-hybridized carbons (Fsp3) is 0.588. The van der Waals surface area contributed by atoms with Crippen molar-refractivity contribution in [1.29, 1.82) is 0 Å². The maximum Gasteiger partial charge on any atom is 0.251 e. The first-order chi connectivity index (χ1) is 10.3. The largest absolute Gasteiger partial charge is 0.379 e. The minimum Gasteiger partial charge on any atom is -0.379 e. The molecule has 0 atom stereocenters. The van der Waals surface area contributed by atoms with Crippen LogP contribution in [0.25, 0.3) is 0 Å². The second kappa shape index (κ2) is 8.80. The Morgan fingerprint density at radius 1 is 1.29 bits per heavy atom. The minimum atomic E-state index is 0.0370. The zero-order valence-electron chi connectivity index (χ0n) is 12.9. The van der Waals surface area contributed by atoms with Gasteiger partial charge in [0.2, 0.25) is 0 Å². The Kier molecular flexibility index (Phi) is 6.70. The molecular weight excluding hydrogens is 264 g/mol. The van der Waals surface area contributed by atoms with Gasteiger partial charge in [-0.2, -0.15) is 0 Å². The van der Waals surface area contributed by atoms with E-state index >= 15 is 0 Å². The van der Waals surface area contributed by atoms with E-state index in [1.165, 1.54) is 12.0 Å². The number of nitrogens with one attached hydrogen (secondary N) is 1. The third-order valence-electron chi connectivity index (χ3n) is 3.76. The van der Waals surface area contributed by atoms with Gasteiger partial charge in [0.1, 0.15) is 0 Å². The molecule has 1 fully saturated rings. The summed E-state index contributed by atoms with van der Waals surface area (Å²) in [4.78, 5) is 14.5. The lowest BCUT2D eigenvalue weighted by molar-refractivity contribution is 0.0342. The Morgan fingerprint density at radius 3 is 2.86 bits per heavy atom. The molecule has 1 heterocycles. The van der Waals surface area contributed by atoms with Crippen LogP contribution in [-0.2, 0) is 11.3 Å². The number of carbonyl (C=O) groups is 1. The molecule has 2 rings (SSSR count). The molecule has 0 aromatic heterocycles. The van der Waals surface area contributed by atoms with E-state index in [1.54, 1.807) is 0 Å². The molecule has 1 aliphatic heterocycles. The number of benzene rings is 1.